The number of para-hydroxylation sites is 1. The van der Waals surface area contributed by atoms with Crippen LogP contribution in [0.3, 0.4) is 0 Å². The molecule has 0 aliphatic heterocycles. The van der Waals surface area contributed by atoms with Crippen molar-refractivity contribution in [2.24, 2.45) is 0 Å². The second-order valence-electron chi connectivity index (χ2n) is 6.20. The highest BCUT2D eigenvalue weighted by molar-refractivity contribution is 5.88. The Morgan fingerprint density at radius 1 is 1.14 bits per heavy atom. The molecule has 2 aromatic carbocycles. The van der Waals surface area contributed by atoms with Crippen LogP contribution in [0.5, 0.6) is 11.5 Å². The Labute approximate surface area is 164 Å². The summed E-state index contributed by atoms with van der Waals surface area (Å²) in [7, 11) is 0. The molecule has 152 valence electrons. The largest absolute Gasteiger partial charge is 0.466 e. The Balaban J connectivity index is 1.82. The molecule has 0 saturated carbocycles. The van der Waals surface area contributed by atoms with E-state index < -0.39 is 23.8 Å². The monoisotopic (exact) mass is 405 g/mol. The van der Waals surface area contributed by atoms with E-state index in [0.717, 1.165) is 6.07 Å². The lowest BCUT2D eigenvalue weighted by molar-refractivity contribution is -0.145. The SMILES string of the molecule is CCOC(=O)CC(O)c1ccc(Oc2ccnc3c(C(F)(F)F)cccc23)cc1. The summed E-state index contributed by atoms with van der Waals surface area (Å²) in [4.78, 5) is 15.3. The zero-order valence-electron chi connectivity index (χ0n) is 15.4. The molecule has 1 N–H and O–H groups in total. The molecule has 29 heavy (non-hydrogen) atoms. The van der Waals surface area contributed by atoms with E-state index in [4.69, 9.17) is 9.47 Å². The van der Waals surface area contributed by atoms with Gasteiger partial charge in [-0.15, -0.1) is 0 Å². The van der Waals surface area contributed by atoms with Crippen LogP contribution in [-0.4, -0.2) is 22.7 Å². The fourth-order valence-electron chi connectivity index (χ4n) is 2.85. The number of fused-ring (bicyclic) bond motifs is 1. The first kappa shape index (κ1) is 20.6. The first-order chi connectivity index (χ1) is 13.8. The van der Waals surface area contributed by atoms with Crippen LogP contribution in [0.2, 0.25) is 0 Å². The average Bonchev–Trinajstić information content (AvgIpc) is 2.67. The van der Waals surface area contributed by atoms with Crippen LogP contribution in [0.1, 0.15) is 30.6 Å². The third kappa shape index (κ3) is 4.83. The van der Waals surface area contributed by atoms with Crippen molar-refractivity contribution < 1.29 is 32.5 Å². The number of hydrogen-bond acceptors (Lipinski definition) is 5. The summed E-state index contributed by atoms with van der Waals surface area (Å²) in [5, 5.41) is 10.3. The molecule has 0 radical (unpaired) electrons. The number of nitrogens with zero attached hydrogens (tertiary/aromatic N) is 1. The van der Waals surface area contributed by atoms with E-state index in [2.05, 4.69) is 4.98 Å². The number of esters is 1. The van der Waals surface area contributed by atoms with Gasteiger partial charge in [-0.1, -0.05) is 18.2 Å². The molecule has 1 heterocycles. The number of ether oxygens (including phenoxy) is 2. The number of benzene rings is 2. The molecule has 3 aromatic rings. The van der Waals surface area contributed by atoms with Gasteiger partial charge < -0.3 is 14.6 Å². The standard InChI is InChI=1S/C21H18F3NO4/c1-2-28-19(27)12-17(26)13-6-8-14(9-7-13)29-18-10-11-25-20-15(18)4-3-5-16(20)21(22,23)24/h3-11,17,26H,2,12H2,1H3. The van der Waals surface area contributed by atoms with E-state index in [1.807, 2.05) is 0 Å². The summed E-state index contributed by atoms with van der Waals surface area (Å²) < 4.78 is 50.1. The van der Waals surface area contributed by atoms with Gasteiger partial charge in [-0.25, -0.2) is 0 Å². The van der Waals surface area contributed by atoms with Crippen molar-refractivity contribution in [3.05, 3.63) is 65.9 Å². The van der Waals surface area contributed by atoms with Crippen molar-refractivity contribution in [1.82, 2.24) is 4.98 Å². The maximum atomic E-state index is 13.2. The Bertz CT molecular complexity index is 1000. The van der Waals surface area contributed by atoms with Crippen LogP contribution in [0.15, 0.2) is 54.7 Å². The van der Waals surface area contributed by atoms with Gasteiger partial charge in [0, 0.05) is 11.6 Å². The lowest BCUT2D eigenvalue weighted by Gasteiger charge is -2.14. The Hall–Kier alpha value is -3.13. The van der Waals surface area contributed by atoms with Crippen LogP contribution < -0.4 is 4.74 Å². The second kappa shape index (κ2) is 8.48. The van der Waals surface area contributed by atoms with E-state index in [-0.39, 0.29) is 29.7 Å². The zero-order valence-corrected chi connectivity index (χ0v) is 15.4. The molecule has 0 aliphatic carbocycles. The van der Waals surface area contributed by atoms with Gasteiger partial charge in [0.25, 0.3) is 0 Å². The summed E-state index contributed by atoms with van der Waals surface area (Å²) in [6.07, 6.45) is -4.48. The molecule has 8 heteroatoms. The smallest absolute Gasteiger partial charge is 0.418 e. The van der Waals surface area contributed by atoms with Crippen molar-refractivity contribution in [3.63, 3.8) is 0 Å². The molecular weight excluding hydrogens is 387 g/mol. The van der Waals surface area contributed by atoms with Crippen molar-refractivity contribution in [2.45, 2.75) is 25.6 Å². The number of aromatic nitrogens is 1. The van der Waals surface area contributed by atoms with Gasteiger partial charge in [0.05, 0.1) is 30.2 Å². The normalized spacial score (nSPS) is 12.6. The number of halogens is 3. The number of rotatable bonds is 6. The van der Waals surface area contributed by atoms with Crippen LogP contribution in [0.25, 0.3) is 10.9 Å². The van der Waals surface area contributed by atoms with E-state index in [9.17, 15) is 23.1 Å². The lowest BCUT2D eigenvalue weighted by atomic mass is 10.1. The number of carbonyl (C=O) groups excluding carboxylic acids is 1. The van der Waals surface area contributed by atoms with Gasteiger partial charge in [0.15, 0.2) is 0 Å². The van der Waals surface area contributed by atoms with Crippen molar-refractivity contribution in [3.8, 4) is 11.5 Å². The van der Waals surface area contributed by atoms with E-state index in [1.165, 1.54) is 24.4 Å². The number of pyridine rings is 1. The number of hydrogen-bond donors (Lipinski definition) is 1. The van der Waals surface area contributed by atoms with Crippen LogP contribution in [0, 0.1) is 0 Å². The number of carbonyl (C=O) groups is 1. The summed E-state index contributed by atoms with van der Waals surface area (Å²) in [5.41, 5.74) is -0.541. The zero-order chi connectivity index (χ0) is 21.0. The molecule has 5 nitrogen and oxygen atoms in total. The van der Waals surface area contributed by atoms with Gasteiger partial charge in [-0.2, -0.15) is 13.2 Å². The highest BCUT2D eigenvalue weighted by Crippen LogP contribution is 2.37. The van der Waals surface area contributed by atoms with Gasteiger partial charge in [0.1, 0.15) is 11.5 Å². The molecule has 0 saturated heterocycles. The van der Waals surface area contributed by atoms with Gasteiger partial charge in [-0.05, 0) is 42.8 Å². The lowest BCUT2D eigenvalue weighted by Crippen LogP contribution is -2.09. The Kier molecular flexibility index (Phi) is 6.03. The quantitative estimate of drug-likeness (QED) is 0.583. The third-order valence-electron chi connectivity index (χ3n) is 4.19. The molecule has 0 amide bonds. The van der Waals surface area contributed by atoms with Crippen LogP contribution in [0.4, 0.5) is 13.2 Å². The van der Waals surface area contributed by atoms with Crippen molar-refractivity contribution >= 4 is 16.9 Å². The van der Waals surface area contributed by atoms with E-state index in [1.54, 1.807) is 31.2 Å². The predicted octanol–water partition coefficient (Wildman–Crippen LogP) is 5.03. The first-order valence-electron chi connectivity index (χ1n) is 8.86. The van der Waals surface area contributed by atoms with E-state index in [0.29, 0.717) is 11.3 Å². The molecule has 0 fully saturated rings. The number of aliphatic hydroxyl groups excluding tert-OH is 1. The summed E-state index contributed by atoms with van der Waals surface area (Å²) in [5.74, 6) is 0.0759. The highest BCUT2D eigenvalue weighted by Gasteiger charge is 2.33. The highest BCUT2D eigenvalue weighted by atomic mass is 19.4. The molecule has 1 unspecified atom stereocenters. The maximum absolute atomic E-state index is 13.2. The fraction of sp³-hybridized carbons (Fsp3) is 0.238. The van der Waals surface area contributed by atoms with Crippen LogP contribution in [-0.2, 0) is 15.7 Å². The Morgan fingerprint density at radius 3 is 2.52 bits per heavy atom. The predicted molar refractivity (Wildman–Crippen MR) is 99.5 cm³/mol. The van der Waals surface area contributed by atoms with Gasteiger partial charge in [0.2, 0.25) is 0 Å². The molecule has 1 atom stereocenters. The van der Waals surface area contributed by atoms with Gasteiger partial charge in [-0.3, -0.25) is 9.78 Å². The molecule has 0 bridgehead atoms. The summed E-state index contributed by atoms with van der Waals surface area (Å²) >= 11 is 0. The molecule has 0 spiro atoms. The minimum Gasteiger partial charge on any atom is -0.466 e. The summed E-state index contributed by atoms with van der Waals surface area (Å²) in [6, 6.07) is 11.5. The molecular formula is C21H18F3NO4. The van der Waals surface area contributed by atoms with Gasteiger partial charge >= 0.3 is 12.1 Å². The van der Waals surface area contributed by atoms with Crippen molar-refractivity contribution in [1.29, 1.82) is 0 Å². The van der Waals surface area contributed by atoms with Crippen molar-refractivity contribution in [2.75, 3.05) is 6.61 Å². The molecule has 0 aliphatic rings. The maximum Gasteiger partial charge on any atom is 0.418 e. The first-order valence-corrected chi connectivity index (χ1v) is 8.86. The Morgan fingerprint density at radius 2 is 1.86 bits per heavy atom. The molecule has 3 rings (SSSR count). The number of aliphatic hydroxyl groups is 1. The average molecular weight is 405 g/mol. The summed E-state index contributed by atoms with van der Waals surface area (Å²) in [6.45, 7) is 1.91. The second-order valence-corrected chi connectivity index (χ2v) is 6.20. The molecule has 1 aromatic heterocycles. The van der Waals surface area contributed by atoms with E-state index >= 15 is 0 Å². The van der Waals surface area contributed by atoms with Crippen LogP contribution >= 0.6 is 0 Å². The number of alkyl halides is 3. The minimum atomic E-state index is -4.53. The third-order valence-corrected chi connectivity index (χ3v) is 4.19. The fourth-order valence-corrected chi connectivity index (χ4v) is 2.85. The minimum absolute atomic E-state index is 0.177. The topological polar surface area (TPSA) is 68.7 Å².